The summed E-state index contributed by atoms with van der Waals surface area (Å²) in [6, 6.07) is 8.51. The highest BCUT2D eigenvalue weighted by atomic mass is 16.6. The molecule has 1 saturated heterocycles. The molecule has 2 unspecified atom stereocenters. The van der Waals surface area contributed by atoms with Crippen molar-refractivity contribution in [1.82, 2.24) is 4.90 Å². The van der Waals surface area contributed by atoms with Gasteiger partial charge in [-0.25, -0.2) is 9.59 Å². The van der Waals surface area contributed by atoms with E-state index in [1.54, 1.807) is 6.92 Å². The summed E-state index contributed by atoms with van der Waals surface area (Å²) < 4.78 is 9.62. The summed E-state index contributed by atoms with van der Waals surface area (Å²) in [5.74, 6) is -0.420. The van der Waals surface area contributed by atoms with Crippen LogP contribution in [0.4, 0.5) is 4.79 Å². The topological polar surface area (TPSA) is 55.6 Å². The number of hydrogen-bond acceptors (Lipinski definition) is 4. The van der Waals surface area contributed by atoms with E-state index < -0.39 is 18.1 Å². The van der Waals surface area contributed by atoms with E-state index in [0.29, 0.717) is 0 Å². The van der Waals surface area contributed by atoms with E-state index in [1.165, 1.54) is 12.0 Å². The summed E-state index contributed by atoms with van der Waals surface area (Å²) in [6.45, 7) is 2.01. The molecule has 1 amide bonds. The predicted octanol–water partition coefficient (Wildman–Crippen LogP) is 1.74. The van der Waals surface area contributed by atoms with Gasteiger partial charge in [0, 0.05) is 0 Å². The van der Waals surface area contributed by atoms with Crippen molar-refractivity contribution in [3.05, 3.63) is 35.9 Å². The number of nitrogens with zero attached hydrogens (tertiary/aromatic N) is 1. The number of rotatable bonds is 3. The van der Waals surface area contributed by atoms with Gasteiger partial charge in [-0.05, 0) is 12.5 Å². The van der Waals surface area contributed by atoms with Crippen molar-refractivity contribution in [3.8, 4) is 0 Å². The smallest absolute Gasteiger partial charge is 0.411 e. The van der Waals surface area contributed by atoms with Crippen LogP contribution in [0.25, 0.3) is 0 Å². The number of ether oxygens (including phenoxy) is 2. The van der Waals surface area contributed by atoms with Gasteiger partial charge in [-0.15, -0.1) is 0 Å². The van der Waals surface area contributed by atoms with Crippen molar-refractivity contribution >= 4 is 12.1 Å². The Morgan fingerprint density at radius 1 is 1.28 bits per heavy atom. The van der Waals surface area contributed by atoms with E-state index in [4.69, 9.17) is 9.47 Å². The largest absolute Gasteiger partial charge is 0.467 e. The molecule has 96 valence electrons. The third-order valence-corrected chi connectivity index (χ3v) is 2.87. The van der Waals surface area contributed by atoms with Gasteiger partial charge in [-0.3, -0.25) is 4.90 Å². The fourth-order valence-corrected chi connectivity index (χ4v) is 2.01. The fraction of sp³-hybridized carbons (Fsp3) is 0.385. The quantitative estimate of drug-likeness (QED) is 0.605. The second kappa shape index (κ2) is 5.08. The van der Waals surface area contributed by atoms with Crippen LogP contribution < -0.4 is 0 Å². The minimum Gasteiger partial charge on any atom is -0.467 e. The van der Waals surface area contributed by atoms with Crippen LogP contribution in [0, 0.1) is 0 Å². The Morgan fingerprint density at radius 2 is 1.94 bits per heavy atom. The van der Waals surface area contributed by atoms with Gasteiger partial charge < -0.3 is 9.47 Å². The number of esters is 1. The molecule has 0 N–H and O–H groups in total. The predicted molar refractivity (Wildman–Crippen MR) is 63.8 cm³/mol. The molecule has 0 bridgehead atoms. The molecule has 2 atom stereocenters. The molecule has 2 rings (SSSR count). The lowest BCUT2D eigenvalue weighted by molar-refractivity contribution is -0.140. The second-order valence-corrected chi connectivity index (χ2v) is 3.93. The zero-order chi connectivity index (χ0) is 13.1. The Morgan fingerprint density at radius 3 is 2.50 bits per heavy atom. The highest BCUT2D eigenvalue weighted by Crippen LogP contribution is 2.44. The van der Waals surface area contributed by atoms with Crippen LogP contribution in [0.3, 0.4) is 0 Å². The third-order valence-electron chi connectivity index (χ3n) is 2.87. The van der Waals surface area contributed by atoms with Crippen LogP contribution in [0.15, 0.2) is 30.3 Å². The van der Waals surface area contributed by atoms with Crippen molar-refractivity contribution < 1.29 is 19.1 Å². The average Bonchev–Trinajstić information content (AvgIpc) is 3.14. The Bertz CT molecular complexity index is 446. The highest BCUT2D eigenvalue weighted by molar-refractivity contribution is 5.88. The average molecular weight is 249 g/mol. The van der Waals surface area contributed by atoms with E-state index in [1.807, 2.05) is 30.3 Å². The first-order valence-corrected chi connectivity index (χ1v) is 5.78. The summed E-state index contributed by atoms with van der Waals surface area (Å²) in [6.07, 6.45) is -0.484. The Kier molecular flexibility index (Phi) is 3.50. The minimum absolute atomic E-state index is 0.280. The Hall–Kier alpha value is -2.04. The van der Waals surface area contributed by atoms with Crippen molar-refractivity contribution in [2.75, 3.05) is 13.7 Å². The molecule has 1 aromatic carbocycles. The zero-order valence-corrected chi connectivity index (χ0v) is 10.3. The van der Waals surface area contributed by atoms with Gasteiger partial charge in [0.25, 0.3) is 0 Å². The van der Waals surface area contributed by atoms with Gasteiger partial charge in [-0.2, -0.15) is 0 Å². The van der Waals surface area contributed by atoms with Crippen LogP contribution in [0.5, 0.6) is 0 Å². The summed E-state index contributed by atoms with van der Waals surface area (Å²) in [5.41, 5.74) is 0.904. The van der Waals surface area contributed by atoms with Gasteiger partial charge in [0.15, 0.2) is 6.04 Å². The monoisotopic (exact) mass is 249 g/mol. The molecular formula is C13H15NO4. The van der Waals surface area contributed by atoms with E-state index in [-0.39, 0.29) is 12.6 Å². The van der Waals surface area contributed by atoms with Gasteiger partial charge in [0.1, 0.15) is 0 Å². The van der Waals surface area contributed by atoms with Crippen LogP contribution in [0.1, 0.15) is 18.5 Å². The Labute approximate surface area is 105 Å². The molecule has 0 spiro atoms. The van der Waals surface area contributed by atoms with Crippen molar-refractivity contribution in [3.63, 3.8) is 0 Å². The SMILES string of the molecule is CCOC(=O)N1C(C(=O)OC)C1c1ccccc1. The molecule has 0 aliphatic carbocycles. The maximum Gasteiger partial charge on any atom is 0.411 e. The van der Waals surface area contributed by atoms with Crippen LogP contribution in [0.2, 0.25) is 0 Å². The fourth-order valence-electron chi connectivity index (χ4n) is 2.01. The van der Waals surface area contributed by atoms with Crippen molar-refractivity contribution in [2.45, 2.75) is 19.0 Å². The molecule has 1 aromatic rings. The standard InChI is InChI=1S/C13H15NO4/c1-3-18-13(16)14-10(11(14)12(15)17-2)9-7-5-4-6-8-9/h4-8,10-11H,3H2,1-2H3. The number of benzene rings is 1. The van der Waals surface area contributed by atoms with Gasteiger partial charge in [0.05, 0.1) is 19.8 Å². The normalized spacial score (nSPS) is 21.3. The number of carbonyl (C=O) groups excluding carboxylic acids is 2. The lowest BCUT2D eigenvalue weighted by atomic mass is 10.1. The molecule has 5 nitrogen and oxygen atoms in total. The van der Waals surface area contributed by atoms with Gasteiger partial charge in [-0.1, -0.05) is 30.3 Å². The lowest BCUT2D eigenvalue weighted by Gasteiger charge is -2.04. The maximum atomic E-state index is 11.7. The Balaban J connectivity index is 2.18. The number of carbonyl (C=O) groups is 2. The third kappa shape index (κ3) is 2.16. The minimum atomic E-state index is -0.573. The maximum absolute atomic E-state index is 11.7. The summed E-state index contributed by atoms with van der Waals surface area (Å²) >= 11 is 0. The van der Waals surface area contributed by atoms with Gasteiger partial charge in [0.2, 0.25) is 0 Å². The van der Waals surface area contributed by atoms with Crippen LogP contribution >= 0.6 is 0 Å². The molecule has 1 fully saturated rings. The van der Waals surface area contributed by atoms with E-state index >= 15 is 0 Å². The zero-order valence-electron chi connectivity index (χ0n) is 10.3. The molecule has 0 saturated carbocycles. The van der Waals surface area contributed by atoms with Gasteiger partial charge >= 0.3 is 12.1 Å². The highest BCUT2D eigenvalue weighted by Gasteiger charge is 2.58. The molecule has 0 radical (unpaired) electrons. The second-order valence-electron chi connectivity index (χ2n) is 3.93. The first-order chi connectivity index (χ1) is 8.70. The lowest BCUT2D eigenvalue weighted by Crippen LogP contribution is -2.20. The molecular weight excluding hydrogens is 234 g/mol. The van der Waals surface area contributed by atoms with E-state index in [2.05, 4.69) is 0 Å². The number of methoxy groups -OCH3 is 1. The summed E-state index contributed by atoms with van der Waals surface area (Å²) in [7, 11) is 1.31. The van der Waals surface area contributed by atoms with Crippen molar-refractivity contribution in [2.24, 2.45) is 0 Å². The summed E-state index contributed by atoms with van der Waals surface area (Å²) in [5, 5.41) is 0. The van der Waals surface area contributed by atoms with Crippen molar-refractivity contribution in [1.29, 1.82) is 0 Å². The molecule has 1 heterocycles. The first kappa shape index (κ1) is 12.4. The van der Waals surface area contributed by atoms with Crippen LogP contribution in [-0.4, -0.2) is 36.7 Å². The molecule has 1 aliphatic rings. The summed E-state index contributed by atoms with van der Waals surface area (Å²) in [4.78, 5) is 24.7. The first-order valence-electron chi connectivity index (χ1n) is 5.78. The molecule has 0 aromatic heterocycles. The van der Waals surface area contributed by atoms with E-state index in [9.17, 15) is 9.59 Å². The van der Waals surface area contributed by atoms with Crippen LogP contribution in [-0.2, 0) is 14.3 Å². The molecule has 5 heteroatoms. The van der Waals surface area contributed by atoms with E-state index in [0.717, 1.165) is 5.56 Å². The number of amides is 1. The number of hydrogen-bond donors (Lipinski definition) is 0. The molecule has 18 heavy (non-hydrogen) atoms. The molecule has 1 aliphatic heterocycles.